The van der Waals surface area contributed by atoms with E-state index in [0.717, 1.165) is 55.9 Å². The van der Waals surface area contributed by atoms with E-state index < -0.39 is 11.7 Å². The SMILES string of the molecule is Cc1c(OCCCCN2CC=CC2)ccc(C(C)N2CCN(C(=O)c3ccc(C(F)(F)F)cc3)CC2)c1C. The molecule has 1 amide bonds. The van der Waals surface area contributed by atoms with E-state index in [2.05, 4.69) is 54.9 Å². The zero-order valence-electron chi connectivity index (χ0n) is 22.6. The van der Waals surface area contributed by atoms with Crippen LogP contribution >= 0.6 is 0 Å². The molecule has 0 spiro atoms. The topological polar surface area (TPSA) is 36.0 Å². The van der Waals surface area contributed by atoms with E-state index in [9.17, 15) is 18.0 Å². The van der Waals surface area contributed by atoms with Crippen molar-refractivity contribution >= 4 is 5.91 Å². The first-order valence-corrected chi connectivity index (χ1v) is 13.5. The van der Waals surface area contributed by atoms with Crippen LogP contribution in [-0.2, 0) is 6.18 Å². The Kier molecular flexibility index (Phi) is 9.15. The van der Waals surface area contributed by atoms with E-state index in [0.29, 0.717) is 32.8 Å². The zero-order valence-corrected chi connectivity index (χ0v) is 22.6. The molecule has 2 aromatic carbocycles. The molecular formula is C30H38F3N3O2. The lowest BCUT2D eigenvalue weighted by molar-refractivity contribution is -0.137. The van der Waals surface area contributed by atoms with Crippen LogP contribution in [0.1, 0.15) is 58.4 Å². The minimum atomic E-state index is -4.41. The normalized spacial score (nSPS) is 17.7. The van der Waals surface area contributed by atoms with Gasteiger partial charge in [-0.05, 0) is 87.2 Å². The Balaban J connectivity index is 1.27. The van der Waals surface area contributed by atoms with Crippen molar-refractivity contribution in [3.05, 3.63) is 76.4 Å². The largest absolute Gasteiger partial charge is 0.493 e. The summed E-state index contributed by atoms with van der Waals surface area (Å²) in [7, 11) is 0. The zero-order chi connectivity index (χ0) is 27.3. The number of halogens is 3. The Hall–Kier alpha value is -2.84. The van der Waals surface area contributed by atoms with Gasteiger partial charge in [-0.25, -0.2) is 0 Å². The average Bonchev–Trinajstić information content (AvgIpc) is 3.43. The summed E-state index contributed by atoms with van der Waals surface area (Å²) >= 11 is 0. The smallest absolute Gasteiger partial charge is 0.416 e. The van der Waals surface area contributed by atoms with Crippen LogP contribution in [0.15, 0.2) is 48.6 Å². The number of rotatable bonds is 9. The van der Waals surface area contributed by atoms with Crippen molar-refractivity contribution in [2.75, 3.05) is 52.4 Å². The molecule has 206 valence electrons. The highest BCUT2D eigenvalue weighted by Crippen LogP contribution is 2.32. The second-order valence-electron chi connectivity index (χ2n) is 10.3. The fraction of sp³-hybridized carbons (Fsp3) is 0.500. The lowest BCUT2D eigenvalue weighted by Crippen LogP contribution is -2.49. The fourth-order valence-corrected chi connectivity index (χ4v) is 5.24. The fourth-order valence-electron chi connectivity index (χ4n) is 5.24. The van der Waals surface area contributed by atoms with Gasteiger partial charge in [0.25, 0.3) is 5.91 Å². The van der Waals surface area contributed by atoms with Crippen LogP contribution in [0.5, 0.6) is 5.75 Å². The van der Waals surface area contributed by atoms with Crippen molar-refractivity contribution in [2.45, 2.75) is 45.8 Å². The average molecular weight is 530 g/mol. The molecule has 1 saturated heterocycles. The number of hydrogen-bond donors (Lipinski definition) is 0. The first kappa shape index (κ1) is 28.2. The molecule has 0 aliphatic carbocycles. The van der Waals surface area contributed by atoms with Crippen molar-refractivity contribution in [1.82, 2.24) is 14.7 Å². The first-order chi connectivity index (χ1) is 18.1. The number of unbranched alkanes of at least 4 members (excludes halogenated alkanes) is 1. The maximum absolute atomic E-state index is 12.8. The highest BCUT2D eigenvalue weighted by Gasteiger charge is 2.31. The first-order valence-electron chi connectivity index (χ1n) is 13.5. The van der Waals surface area contributed by atoms with Gasteiger partial charge in [-0.15, -0.1) is 0 Å². The van der Waals surface area contributed by atoms with E-state index in [-0.39, 0.29) is 17.5 Å². The van der Waals surface area contributed by atoms with Crippen LogP contribution < -0.4 is 4.74 Å². The maximum Gasteiger partial charge on any atom is 0.416 e. The molecule has 0 radical (unpaired) electrons. The number of carbonyl (C=O) groups excluding carboxylic acids is 1. The minimum absolute atomic E-state index is 0.181. The Labute approximate surface area is 223 Å². The maximum atomic E-state index is 12.8. The quantitative estimate of drug-likeness (QED) is 0.301. The third kappa shape index (κ3) is 6.77. The molecule has 1 fully saturated rings. The lowest BCUT2D eigenvalue weighted by Gasteiger charge is -2.39. The van der Waals surface area contributed by atoms with Crippen LogP contribution in [0.4, 0.5) is 13.2 Å². The molecule has 2 aliphatic rings. The van der Waals surface area contributed by atoms with Crippen LogP contribution in [0.2, 0.25) is 0 Å². The van der Waals surface area contributed by atoms with E-state index in [4.69, 9.17) is 4.74 Å². The van der Waals surface area contributed by atoms with Gasteiger partial charge in [-0.2, -0.15) is 13.2 Å². The number of hydrogen-bond acceptors (Lipinski definition) is 4. The van der Waals surface area contributed by atoms with Gasteiger partial charge in [-0.1, -0.05) is 18.2 Å². The van der Waals surface area contributed by atoms with Crippen molar-refractivity contribution in [3.63, 3.8) is 0 Å². The summed E-state index contributed by atoms with van der Waals surface area (Å²) in [6.07, 6.45) is 2.18. The highest BCUT2D eigenvalue weighted by atomic mass is 19.4. The summed E-state index contributed by atoms with van der Waals surface area (Å²) in [6, 6.07) is 8.87. The Morgan fingerprint density at radius 3 is 2.21 bits per heavy atom. The molecule has 8 heteroatoms. The molecule has 4 rings (SSSR count). The molecule has 2 aliphatic heterocycles. The van der Waals surface area contributed by atoms with Crippen molar-refractivity contribution in [1.29, 1.82) is 0 Å². The molecular weight excluding hydrogens is 491 g/mol. The predicted molar refractivity (Wildman–Crippen MR) is 144 cm³/mol. The monoisotopic (exact) mass is 529 g/mol. The second kappa shape index (κ2) is 12.3. The Morgan fingerprint density at radius 2 is 1.58 bits per heavy atom. The number of piperazine rings is 1. The third-order valence-electron chi connectivity index (χ3n) is 7.86. The summed E-state index contributed by atoms with van der Waals surface area (Å²) in [4.78, 5) is 19.3. The minimum Gasteiger partial charge on any atom is -0.493 e. The molecule has 2 aromatic rings. The van der Waals surface area contributed by atoms with E-state index in [1.54, 1.807) is 4.90 Å². The Bertz CT molecular complexity index is 1110. The van der Waals surface area contributed by atoms with Crippen molar-refractivity contribution in [3.8, 4) is 5.75 Å². The highest BCUT2D eigenvalue weighted by molar-refractivity contribution is 5.94. The number of nitrogens with zero attached hydrogens (tertiary/aromatic N) is 3. The molecule has 5 nitrogen and oxygen atoms in total. The van der Waals surface area contributed by atoms with Crippen LogP contribution in [0.25, 0.3) is 0 Å². The van der Waals surface area contributed by atoms with Gasteiger partial charge < -0.3 is 9.64 Å². The summed E-state index contributed by atoms with van der Waals surface area (Å²) < 4.78 is 44.6. The molecule has 0 N–H and O–H groups in total. The van der Waals surface area contributed by atoms with Gasteiger partial charge in [0.2, 0.25) is 0 Å². The number of benzene rings is 2. The van der Waals surface area contributed by atoms with Gasteiger partial charge >= 0.3 is 6.18 Å². The predicted octanol–water partition coefficient (Wildman–Crippen LogP) is 5.87. The van der Waals surface area contributed by atoms with Crippen molar-refractivity contribution in [2.24, 2.45) is 0 Å². The number of amides is 1. The lowest BCUT2D eigenvalue weighted by atomic mass is 9.96. The third-order valence-corrected chi connectivity index (χ3v) is 7.86. The van der Waals surface area contributed by atoms with Crippen LogP contribution in [-0.4, -0.2) is 73.0 Å². The van der Waals surface area contributed by atoms with E-state index in [1.165, 1.54) is 23.3 Å². The van der Waals surface area contributed by atoms with E-state index >= 15 is 0 Å². The molecule has 0 saturated carbocycles. The Morgan fingerprint density at radius 1 is 0.921 bits per heavy atom. The standard InChI is InChI=1S/C30H38F3N3O2/c1-22-23(2)28(38-21-7-6-16-34-14-4-5-15-34)13-12-27(22)24(3)35-17-19-36(20-18-35)29(37)25-8-10-26(11-9-25)30(31,32)33/h4-5,8-13,24H,6-7,14-21H2,1-3H3. The van der Waals surface area contributed by atoms with Gasteiger partial charge in [0.15, 0.2) is 0 Å². The molecule has 38 heavy (non-hydrogen) atoms. The van der Waals surface area contributed by atoms with Gasteiger partial charge in [0.05, 0.1) is 12.2 Å². The molecule has 0 aromatic heterocycles. The summed E-state index contributed by atoms with van der Waals surface area (Å²) in [5.41, 5.74) is 3.18. The van der Waals surface area contributed by atoms with Gasteiger partial charge in [0.1, 0.15) is 5.75 Å². The van der Waals surface area contributed by atoms with Crippen LogP contribution in [0.3, 0.4) is 0 Å². The van der Waals surface area contributed by atoms with E-state index in [1.807, 2.05) is 0 Å². The summed E-state index contributed by atoms with van der Waals surface area (Å²) in [5.74, 6) is 0.713. The van der Waals surface area contributed by atoms with Crippen LogP contribution in [0, 0.1) is 13.8 Å². The molecule has 1 unspecified atom stereocenters. The summed E-state index contributed by atoms with van der Waals surface area (Å²) in [5, 5.41) is 0. The van der Waals surface area contributed by atoms with Gasteiger partial charge in [-0.3, -0.25) is 14.6 Å². The number of carbonyl (C=O) groups is 1. The molecule has 0 bridgehead atoms. The molecule has 1 atom stereocenters. The van der Waals surface area contributed by atoms with Gasteiger partial charge in [0, 0.05) is 50.9 Å². The molecule has 2 heterocycles. The number of ether oxygens (including phenoxy) is 1. The number of alkyl halides is 3. The summed E-state index contributed by atoms with van der Waals surface area (Å²) in [6.45, 7) is 12.9. The second-order valence-corrected chi connectivity index (χ2v) is 10.3. The van der Waals surface area contributed by atoms with Crippen molar-refractivity contribution < 1.29 is 22.7 Å².